The van der Waals surface area contributed by atoms with Crippen LogP contribution in [0.5, 0.6) is 0 Å². The van der Waals surface area contributed by atoms with E-state index in [1.165, 1.54) is 0 Å². The minimum absolute atomic E-state index is 0.0118. The Balaban J connectivity index is 2.28. The van der Waals surface area contributed by atoms with Crippen LogP contribution in [0.2, 0.25) is 0 Å². The lowest BCUT2D eigenvalue weighted by molar-refractivity contribution is -0.149. The standard InChI is InChI=1S/C15H28N2O3/c1-3-20-15(19)12-6-8-13(9-7-12)17-14(18)11(2)5-4-10-16/h11-13H,3-10,16H2,1-2H3,(H,17,18). The van der Waals surface area contributed by atoms with Crippen LogP contribution < -0.4 is 11.1 Å². The highest BCUT2D eigenvalue weighted by Crippen LogP contribution is 2.25. The van der Waals surface area contributed by atoms with E-state index in [-0.39, 0.29) is 29.8 Å². The summed E-state index contributed by atoms with van der Waals surface area (Å²) in [7, 11) is 0. The zero-order chi connectivity index (χ0) is 15.0. The number of nitrogens with two attached hydrogens (primary N) is 1. The highest BCUT2D eigenvalue weighted by molar-refractivity contribution is 5.78. The lowest BCUT2D eigenvalue weighted by Gasteiger charge is -2.28. The number of rotatable bonds is 7. The highest BCUT2D eigenvalue weighted by atomic mass is 16.5. The fraction of sp³-hybridized carbons (Fsp3) is 0.867. The minimum atomic E-state index is -0.0893. The Hall–Kier alpha value is -1.10. The lowest BCUT2D eigenvalue weighted by atomic mass is 9.86. The molecule has 0 saturated heterocycles. The average molecular weight is 284 g/mol. The normalized spacial score (nSPS) is 23.9. The van der Waals surface area contributed by atoms with Crippen molar-refractivity contribution in [2.24, 2.45) is 17.6 Å². The lowest BCUT2D eigenvalue weighted by Crippen LogP contribution is -2.41. The van der Waals surface area contributed by atoms with Crippen LogP contribution in [0, 0.1) is 11.8 Å². The summed E-state index contributed by atoms with van der Waals surface area (Å²) in [6, 6.07) is 0.202. The summed E-state index contributed by atoms with van der Waals surface area (Å²) < 4.78 is 5.04. The third-order valence-electron chi connectivity index (χ3n) is 3.98. The molecule has 5 heteroatoms. The number of ether oxygens (including phenoxy) is 1. The van der Waals surface area contributed by atoms with Crippen molar-refractivity contribution in [3.63, 3.8) is 0 Å². The number of hydrogen-bond donors (Lipinski definition) is 2. The summed E-state index contributed by atoms with van der Waals surface area (Å²) in [6.45, 7) is 4.83. The largest absolute Gasteiger partial charge is 0.466 e. The molecular formula is C15H28N2O3. The van der Waals surface area contributed by atoms with Crippen LogP contribution in [-0.2, 0) is 14.3 Å². The van der Waals surface area contributed by atoms with Gasteiger partial charge in [-0.15, -0.1) is 0 Å². The number of nitrogens with one attached hydrogen (secondary N) is 1. The molecule has 1 aliphatic rings. The molecule has 0 spiro atoms. The van der Waals surface area contributed by atoms with E-state index < -0.39 is 0 Å². The van der Waals surface area contributed by atoms with Gasteiger partial charge in [-0.3, -0.25) is 9.59 Å². The molecule has 1 saturated carbocycles. The van der Waals surface area contributed by atoms with E-state index >= 15 is 0 Å². The summed E-state index contributed by atoms with van der Waals surface area (Å²) in [6.07, 6.45) is 5.05. The van der Waals surface area contributed by atoms with Crippen molar-refractivity contribution >= 4 is 11.9 Å². The highest BCUT2D eigenvalue weighted by Gasteiger charge is 2.28. The molecule has 0 bridgehead atoms. The van der Waals surface area contributed by atoms with E-state index in [9.17, 15) is 9.59 Å². The first kappa shape index (κ1) is 17.0. The molecule has 1 aliphatic carbocycles. The molecule has 1 fully saturated rings. The van der Waals surface area contributed by atoms with Crippen LogP contribution in [0.3, 0.4) is 0 Å². The van der Waals surface area contributed by atoms with E-state index in [1.54, 1.807) is 0 Å². The molecule has 1 unspecified atom stereocenters. The molecule has 1 amide bonds. The Morgan fingerprint density at radius 1 is 1.30 bits per heavy atom. The van der Waals surface area contributed by atoms with E-state index in [0.29, 0.717) is 13.2 Å². The van der Waals surface area contributed by atoms with Crippen LogP contribution >= 0.6 is 0 Å². The number of carbonyl (C=O) groups is 2. The molecule has 5 nitrogen and oxygen atoms in total. The Kier molecular flexibility index (Phi) is 7.59. The predicted octanol–water partition coefficient (Wildman–Crippen LogP) is 1.60. The maximum absolute atomic E-state index is 12.0. The molecule has 0 radical (unpaired) electrons. The molecule has 1 rings (SSSR count). The van der Waals surface area contributed by atoms with Gasteiger partial charge in [0.15, 0.2) is 0 Å². The number of amides is 1. The summed E-state index contributed by atoms with van der Waals surface area (Å²) in [5, 5.41) is 3.09. The number of hydrogen-bond acceptors (Lipinski definition) is 4. The van der Waals surface area contributed by atoms with Gasteiger partial charge in [-0.05, 0) is 52.0 Å². The third kappa shape index (κ3) is 5.49. The quantitative estimate of drug-likeness (QED) is 0.696. The van der Waals surface area contributed by atoms with Crippen molar-refractivity contribution < 1.29 is 14.3 Å². The minimum Gasteiger partial charge on any atom is -0.466 e. The Bertz CT molecular complexity index is 312. The van der Waals surface area contributed by atoms with Crippen molar-refractivity contribution in [3.05, 3.63) is 0 Å². The Morgan fingerprint density at radius 3 is 2.50 bits per heavy atom. The third-order valence-corrected chi connectivity index (χ3v) is 3.98. The monoisotopic (exact) mass is 284 g/mol. The van der Waals surface area contributed by atoms with Gasteiger partial charge in [0.1, 0.15) is 0 Å². The molecule has 0 heterocycles. The van der Waals surface area contributed by atoms with Crippen LogP contribution in [-0.4, -0.2) is 31.1 Å². The van der Waals surface area contributed by atoms with Crippen molar-refractivity contribution in [1.82, 2.24) is 5.32 Å². The molecule has 0 aromatic heterocycles. The van der Waals surface area contributed by atoms with Crippen molar-refractivity contribution in [3.8, 4) is 0 Å². The average Bonchev–Trinajstić information content (AvgIpc) is 2.45. The predicted molar refractivity (Wildman–Crippen MR) is 78.0 cm³/mol. The molecule has 116 valence electrons. The summed E-state index contributed by atoms with van der Waals surface area (Å²) in [5.41, 5.74) is 5.45. The Labute approximate surface area is 121 Å². The first-order valence-electron chi connectivity index (χ1n) is 7.75. The van der Waals surface area contributed by atoms with Gasteiger partial charge in [-0.25, -0.2) is 0 Å². The molecule has 0 aromatic rings. The van der Waals surface area contributed by atoms with Gasteiger partial charge in [0, 0.05) is 12.0 Å². The molecular weight excluding hydrogens is 256 g/mol. The SMILES string of the molecule is CCOC(=O)C1CCC(NC(=O)C(C)CCCN)CC1. The second-order valence-electron chi connectivity index (χ2n) is 5.64. The van der Waals surface area contributed by atoms with Gasteiger partial charge in [-0.1, -0.05) is 6.92 Å². The molecule has 0 aliphatic heterocycles. The number of esters is 1. The molecule has 0 aromatic carbocycles. The smallest absolute Gasteiger partial charge is 0.308 e. The zero-order valence-corrected chi connectivity index (χ0v) is 12.7. The topological polar surface area (TPSA) is 81.4 Å². The number of carbonyl (C=O) groups excluding carboxylic acids is 2. The van der Waals surface area contributed by atoms with E-state index in [1.807, 2.05) is 13.8 Å². The van der Waals surface area contributed by atoms with Crippen LogP contribution in [0.15, 0.2) is 0 Å². The fourth-order valence-corrected chi connectivity index (χ4v) is 2.63. The van der Waals surface area contributed by atoms with Crippen LogP contribution in [0.25, 0.3) is 0 Å². The zero-order valence-electron chi connectivity index (χ0n) is 12.7. The maximum Gasteiger partial charge on any atom is 0.308 e. The van der Waals surface area contributed by atoms with Gasteiger partial charge in [0.05, 0.1) is 12.5 Å². The first-order chi connectivity index (χ1) is 9.58. The van der Waals surface area contributed by atoms with Gasteiger partial charge >= 0.3 is 5.97 Å². The fourth-order valence-electron chi connectivity index (χ4n) is 2.63. The van der Waals surface area contributed by atoms with Gasteiger partial charge in [0.2, 0.25) is 5.91 Å². The van der Waals surface area contributed by atoms with Gasteiger partial charge < -0.3 is 15.8 Å². The van der Waals surface area contributed by atoms with Crippen LogP contribution in [0.1, 0.15) is 52.4 Å². The second-order valence-corrected chi connectivity index (χ2v) is 5.64. The second kappa shape index (κ2) is 8.95. The Morgan fingerprint density at radius 2 is 1.95 bits per heavy atom. The van der Waals surface area contributed by atoms with Gasteiger partial charge in [0.25, 0.3) is 0 Å². The summed E-state index contributed by atoms with van der Waals surface area (Å²) >= 11 is 0. The van der Waals surface area contributed by atoms with Crippen molar-refractivity contribution in [2.45, 2.75) is 58.4 Å². The summed E-state index contributed by atoms with van der Waals surface area (Å²) in [4.78, 5) is 23.6. The van der Waals surface area contributed by atoms with E-state index in [4.69, 9.17) is 10.5 Å². The van der Waals surface area contributed by atoms with E-state index in [0.717, 1.165) is 38.5 Å². The van der Waals surface area contributed by atoms with E-state index in [2.05, 4.69) is 5.32 Å². The van der Waals surface area contributed by atoms with Crippen molar-refractivity contribution in [1.29, 1.82) is 0 Å². The van der Waals surface area contributed by atoms with Crippen molar-refractivity contribution in [2.75, 3.05) is 13.2 Å². The van der Waals surface area contributed by atoms with Crippen LogP contribution in [0.4, 0.5) is 0 Å². The maximum atomic E-state index is 12.0. The molecule has 3 N–H and O–H groups in total. The summed E-state index contributed by atoms with van der Waals surface area (Å²) in [5.74, 6) is 0.0470. The molecule has 20 heavy (non-hydrogen) atoms. The molecule has 1 atom stereocenters. The van der Waals surface area contributed by atoms with Gasteiger partial charge in [-0.2, -0.15) is 0 Å². The first-order valence-corrected chi connectivity index (χ1v) is 7.75.